The van der Waals surface area contributed by atoms with Crippen LogP contribution in [0, 0.1) is 11.3 Å². The number of aromatic nitrogens is 2. The Morgan fingerprint density at radius 2 is 2.31 bits per heavy atom. The Morgan fingerprint density at radius 3 is 2.88 bits per heavy atom. The van der Waals surface area contributed by atoms with E-state index in [1.165, 1.54) is 25.7 Å². The van der Waals surface area contributed by atoms with Gasteiger partial charge in [-0.15, -0.1) is 0 Å². The van der Waals surface area contributed by atoms with Gasteiger partial charge in [0, 0.05) is 12.7 Å². The summed E-state index contributed by atoms with van der Waals surface area (Å²) in [6, 6.07) is -0.294. The molecule has 4 nitrogen and oxygen atoms in total. The molecular formula is C12H19N3O. The van der Waals surface area contributed by atoms with Crippen LogP contribution in [-0.4, -0.2) is 21.3 Å². The van der Waals surface area contributed by atoms with Crippen molar-refractivity contribution in [2.45, 2.75) is 38.3 Å². The van der Waals surface area contributed by atoms with E-state index in [9.17, 15) is 0 Å². The molecule has 2 aliphatic rings. The van der Waals surface area contributed by atoms with Gasteiger partial charge in [-0.25, -0.2) is 4.98 Å². The van der Waals surface area contributed by atoms with Crippen molar-refractivity contribution in [3.8, 4) is 0 Å². The van der Waals surface area contributed by atoms with Crippen molar-refractivity contribution in [1.82, 2.24) is 9.55 Å². The first-order valence-corrected chi connectivity index (χ1v) is 6.12. The Labute approximate surface area is 95.5 Å². The largest absolute Gasteiger partial charge is 0.394 e. The summed E-state index contributed by atoms with van der Waals surface area (Å²) in [5.41, 5.74) is 7.37. The quantitative estimate of drug-likeness (QED) is 0.781. The molecule has 0 aliphatic heterocycles. The number of aliphatic hydroxyl groups excluding tert-OH is 1. The zero-order chi connectivity index (χ0) is 11.2. The molecule has 0 aromatic carbocycles. The van der Waals surface area contributed by atoms with Crippen LogP contribution in [0.25, 0.3) is 0 Å². The van der Waals surface area contributed by atoms with Gasteiger partial charge in [-0.2, -0.15) is 0 Å². The van der Waals surface area contributed by atoms with E-state index in [2.05, 4.69) is 9.55 Å². The molecule has 4 heteroatoms. The summed E-state index contributed by atoms with van der Waals surface area (Å²) >= 11 is 0. The van der Waals surface area contributed by atoms with Crippen LogP contribution in [-0.2, 0) is 6.54 Å². The van der Waals surface area contributed by atoms with Gasteiger partial charge in [0.1, 0.15) is 0 Å². The lowest BCUT2D eigenvalue weighted by Gasteiger charge is -2.18. The number of hydrogen-bond donors (Lipinski definition) is 2. The fourth-order valence-corrected chi connectivity index (χ4v) is 2.76. The van der Waals surface area contributed by atoms with E-state index in [1.807, 2.05) is 6.33 Å². The number of rotatable bonds is 5. The molecule has 2 fully saturated rings. The van der Waals surface area contributed by atoms with Gasteiger partial charge in [-0.3, -0.25) is 0 Å². The fourth-order valence-electron chi connectivity index (χ4n) is 2.76. The topological polar surface area (TPSA) is 64.1 Å². The Kier molecular flexibility index (Phi) is 2.30. The predicted octanol–water partition coefficient (Wildman–Crippen LogP) is 1.07. The highest BCUT2D eigenvalue weighted by Gasteiger charge is 2.53. The first kappa shape index (κ1) is 10.3. The second-order valence-electron chi connectivity index (χ2n) is 5.37. The van der Waals surface area contributed by atoms with E-state index in [0.29, 0.717) is 5.41 Å². The van der Waals surface area contributed by atoms with E-state index >= 15 is 0 Å². The lowest BCUT2D eigenvalue weighted by atomic mass is 10.0. The number of hydrogen-bond acceptors (Lipinski definition) is 3. The van der Waals surface area contributed by atoms with Crippen molar-refractivity contribution < 1.29 is 5.11 Å². The first-order valence-electron chi connectivity index (χ1n) is 6.12. The van der Waals surface area contributed by atoms with E-state index in [4.69, 9.17) is 10.8 Å². The smallest absolute Gasteiger partial charge is 0.0948 e. The average Bonchev–Trinajstić information content (AvgIpc) is 3.16. The molecule has 3 N–H and O–H groups in total. The molecule has 1 aromatic heterocycles. The molecule has 1 atom stereocenters. The maximum atomic E-state index is 9.10. The summed E-state index contributed by atoms with van der Waals surface area (Å²) in [6.45, 7) is 1.03. The highest BCUT2D eigenvalue weighted by Crippen LogP contribution is 2.62. The summed E-state index contributed by atoms with van der Waals surface area (Å²) in [5, 5.41) is 9.10. The van der Waals surface area contributed by atoms with Crippen molar-refractivity contribution >= 4 is 0 Å². The predicted molar refractivity (Wildman–Crippen MR) is 60.6 cm³/mol. The summed E-state index contributed by atoms with van der Waals surface area (Å²) < 4.78 is 2.15. The van der Waals surface area contributed by atoms with Gasteiger partial charge in [-0.1, -0.05) is 0 Å². The van der Waals surface area contributed by atoms with E-state index in [-0.39, 0.29) is 12.6 Å². The molecule has 0 amide bonds. The minimum atomic E-state index is -0.294. The maximum absolute atomic E-state index is 9.10. The van der Waals surface area contributed by atoms with Crippen LogP contribution < -0.4 is 5.73 Å². The van der Waals surface area contributed by atoms with Crippen LogP contribution in [0.4, 0.5) is 0 Å². The van der Waals surface area contributed by atoms with Crippen LogP contribution in [0.3, 0.4) is 0 Å². The fraction of sp³-hybridized carbons (Fsp3) is 0.750. The van der Waals surface area contributed by atoms with Crippen molar-refractivity contribution in [2.75, 3.05) is 6.61 Å². The SMILES string of the molecule is NC(CO)c1cncn1CC1(C2CC2)CC1. The molecule has 16 heavy (non-hydrogen) atoms. The number of nitrogens with two attached hydrogens (primary N) is 1. The van der Waals surface area contributed by atoms with Gasteiger partial charge in [0.25, 0.3) is 0 Å². The molecule has 0 bridgehead atoms. The van der Waals surface area contributed by atoms with Crippen LogP contribution in [0.15, 0.2) is 12.5 Å². The van der Waals surface area contributed by atoms with Crippen molar-refractivity contribution in [1.29, 1.82) is 0 Å². The van der Waals surface area contributed by atoms with Gasteiger partial charge < -0.3 is 15.4 Å². The molecule has 2 aliphatic carbocycles. The van der Waals surface area contributed by atoms with Crippen LogP contribution in [0.1, 0.15) is 37.4 Å². The van der Waals surface area contributed by atoms with Crippen molar-refractivity contribution in [3.63, 3.8) is 0 Å². The highest BCUT2D eigenvalue weighted by molar-refractivity contribution is 5.09. The van der Waals surface area contributed by atoms with E-state index < -0.39 is 0 Å². The van der Waals surface area contributed by atoms with E-state index in [1.54, 1.807) is 6.20 Å². The molecular weight excluding hydrogens is 202 g/mol. The maximum Gasteiger partial charge on any atom is 0.0948 e. The second-order valence-corrected chi connectivity index (χ2v) is 5.37. The third kappa shape index (κ3) is 1.66. The van der Waals surface area contributed by atoms with E-state index in [0.717, 1.165) is 18.2 Å². The third-order valence-corrected chi connectivity index (χ3v) is 4.14. The molecule has 1 unspecified atom stereocenters. The summed E-state index contributed by atoms with van der Waals surface area (Å²) in [7, 11) is 0. The summed E-state index contributed by atoms with van der Waals surface area (Å²) in [4.78, 5) is 4.15. The molecule has 1 heterocycles. The zero-order valence-electron chi connectivity index (χ0n) is 9.47. The minimum Gasteiger partial charge on any atom is -0.394 e. The standard InChI is InChI=1S/C12H19N3O/c13-10(6-16)11-5-14-8-15(11)7-12(3-4-12)9-1-2-9/h5,8-10,16H,1-4,6-7,13H2. The monoisotopic (exact) mass is 221 g/mol. The molecule has 88 valence electrons. The third-order valence-electron chi connectivity index (χ3n) is 4.14. The molecule has 3 rings (SSSR count). The van der Waals surface area contributed by atoms with Crippen molar-refractivity contribution in [2.24, 2.45) is 17.1 Å². The van der Waals surface area contributed by atoms with Crippen LogP contribution in [0.2, 0.25) is 0 Å². The Morgan fingerprint density at radius 1 is 1.56 bits per heavy atom. The molecule has 0 saturated heterocycles. The molecule has 2 saturated carbocycles. The minimum absolute atomic E-state index is 0.0118. The molecule has 0 spiro atoms. The Balaban J connectivity index is 1.76. The van der Waals surface area contributed by atoms with Gasteiger partial charge in [-0.05, 0) is 37.0 Å². The summed E-state index contributed by atoms with van der Waals surface area (Å²) in [6.07, 6.45) is 9.14. The average molecular weight is 221 g/mol. The van der Waals surface area contributed by atoms with Gasteiger partial charge in [0.05, 0.1) is 24.7 Å². The van der Waals surface area contributed by atoms with Crippen molar-refractivity contribution in [3.05, 3.63) is 18.2 Å². The Hall–Kier alpha value is -0.870. The molecule has 1 aromatic rings. The number of imidazole rings is 1. The highest BCUT2D eigenvalue weighted by atomic mass is 16.3. The van der Waals surface area contributed by atoms with Crippen LogP contribution in [0.5, 0.6) is 0 Å². The van der Waals surface area contributed by atoms with Gasteiger partial charge >= 0.3 is 0 Å². The number of nitrogens with zero attached hydrogens (tertiary/aromatic N) is 2. The van der Waals surface area contributed by atoms with Crippen LogP contribution >= 0.6 is 0 Å². The second kappa shape index (κ2) is 3.57. The first-order chi connectivity index (χ1) is 7.75. The van der Waals surface area contributed by atoms with Gasteiger partial charge in [0.15, 0.2) is 0 Å². The summed E-state index contributed by atoms with van der Waals surface area (Å²) in [5.74, 6) is 0.938. The molecule has 0 radical (unpaired) electrons. The lowest BCUT2D eigenvalue weighted by molar-refractivity contribution is 0.259. The Bertz CT molecular complexity index is 379. The van der Waals surface area contributed by atoms with Gasteiger partial charge in [0.2, 0.25) is 0 Å². The lowest BCUT2D eigenvalue weighted by Crippen LogP contribution is -2.22. The zero-order valence-corrected chi connectivity index (χ0v) is 9.47. The normalized spacial score (nSPS) is 24.4. The number of aliphatic hydroxyl groups is 1.